The highest BCUT2D eigenvalue weighted by Gasteiger charge is 2.21. The van der Waals surface area contributed by atoms with Gasteiger partial charge in [0, 0.05) is 27.2 Å². The van der Waals surface area contributed by atoms with Crippen molar-refractivity contribution in [2.24, 2.45) is 0 Å². The van der Waals surface area contributed by atoms with E-state index in [1.807, 2.05) is 0 Å². The lowest BCUT2D eigenvalue weighted by Gasteiger charge is -2.22. The van der Waals surface area contributed by atoms with Gasteiger partial charge in [0.05, 0.1) is 26.0 Å². The Morgan fingerprint density at radius 1 is 1.21 bits per heavy atom. The molecule has 1 amide bonds. The van der Waals surface area contributed by atoms with E-state index in [9.17, 15) is 9.59 Å². The van der Waals surface area contributed by atoms with Crippen LogP contribution in [0.5, 0.6) is 0 Å². The zero-order chi connectivity index (χ0) is 17.5. The molecule has 7 heteroatoms. The molecular formula is C17H27N3O4. The van der Waals surface area contributed by atoms with Gasteiger partial charge >= 0.3 is 5.97 Å². The van der Waals surface area contributed by atoms with Crippen molar-refractivity contribution >= 4 is 11.9 Å². The Hall–Kier alpha value is -1.86. The first-order valence-electron chi connectivity index (χ1n) is 8.39. The molecule has 1 aromatic rings. The van der Waals surface area contributed by atoms with Gasteiger partial charge in [-0.05, 0) is 32.5 Å². The van der Waals surface area contributed by atoms with Gasteiger partial charge in [-0.15, -0.1) is 0 Å². The predicted molar refractivity (Wildman–Crippen MR) is 89.7 cm³/mol. The number of rotatable bonds is 6. The number of amides is 1. The average Bonchev–Trinajstić information content (AvgIpc) is 2.89. The molecule has 0 aliphatic carbocycles. The molecule has 0 aromatic carbocycles. The molecule has 2 rings (SSSR count). The molecule has 0 N–H and O–H groups in total. The molecule has 0 bridgehead atoms. The molecule has 7 nitrogen and oxygen atoms in total. The lowest BCUT2D eigenvalue weighted by molar-refractivity contribution is -0.129. The van der Waals surface area contributed by atoms with E-state index in [1.54, 1.807) is 32.0 Å². The number of esters is 1. The van der Waals surface area contributed by atoms with E-state index in [4.69, 9.17) is 9.15 Å². The number of hydrogen-bond donors (Lipinski definition) is 0. The van der Waals surface area contributed by atoms with Crippen molar-refractivity contribution in [1.82, 2.24) is 14.7 Å². The standard InChI is InChI=1S/C17H27N3O4/c1-4-23-17(22)14-6-11-24-15(14)12-19-7-5-8-20(10-9-19)13-16(21)18(2)3/h6,11H,4-5,7-10,12-13H2,1-3H3. The third-order valence-electron chi connectivity index (χ3n) is 4.15. The molecule has 0 unspecified atom stereocenters. The Morgan fingerprint density at radius 3 is 2.62 bits per heavy atom. The minimum Gasteiger partial charge on any atom is -0.467 e. The van der Waals surface area contributed by atoms with E-state index in [2.05, 4.69) is 9.80 Å². The van der Waals surface area contributed by atoms with Gasteiger partial charge in [0.15, 0.2) is 0 Å². The molecule has 1 aromatic heterocycles. The Bertz CT molecular complexity index is 556. The third kappa shape index (κ3) is 5.07. The van der Waals surface area contributed by atoms with Gasteiger partial charge < -0.3 is 14.1 Å². The number of carbonyl (C=O) groups is 2. The second-order valence-electron chi connectivity index (χ2n) is 6.17. The maximum atomic E-state index is 11.9. The van der Waals surface area contributed by atoms with E-state index >= 15 is 0 Å². The van der Waals surface area contributed by atoms with Crippen LogP contribution in [0.1, 0.15) is 29.5 Å². The van der Waals surface area contributed by atoms with Crippen LogP contribution in [0.4, 0.5) is 0 Å². The van der Waals surface area contributed by atoms with Gasteiger partial charge in [-0.3, -0.25) is 14.6 Å². The molecule has 1 fully saturated rings. The maximum absolute atomic E-state index is 11.9. The molecule has 0 saturated carbocycles. The van der Waals surface area contributed by atoms with Crippen molar-refractivity contribution in [2.75, 3.05) is 53.4 Å². The summed E-state index contributed by atoms with van der Waals surface area (Å²) in [4.78, 5) is 29.8. The topological polar surface area (TPSA) is 66.2 Å². The number of nitrogens with zero attached hydrogens (tertiary/aromatic N) is 3. The average molecular weight is 337 g/mol. The Morgan fingerprint density at radius 2 is 1.92 bits per heavy atom. The summed E-state index contributed by atoms with van der Waals surface area (Å²) in [7, 11) is 3.56. The summed E-state index contributed by atoms with van der Waals surface area (Å²) in [6, 6.07) is 1.66. The Labute approximate surface area is 143 Å². The zero-order valence-electron chi connectivity index (χ0n) is 14.8. The number of carbonyl (C=O) groups excluding carboxylic acids is 2. The van der Waals surface area contributed by atoms with Crippen LogP contribution in [-0.4, -0.2) is 80.0 Å². The van der Waals surface area contributed by atoms with Gasteiger partial charge in [0.1, 0.15) is 11.3 Å². The smallest absolute Gasteiger partial charge is 0.341 e. The van der Waals surface area contributed by atoms with Crippen LogP contribution in [0.15, 0.2) is 16.7 Å². The van der Waals surface area contributed by atoms with Gasteiger partial charge in [-0.25, -0.2) is 4.79 Å². The highest BCUT2D eigenvalue weighted by atomic mass is 16.5. The Kier molecular flexibility index (Phi) is 6.81. The van der Waals surface area contributed by atoms with Gasteiger partial charge in [-0.1, -0.05) is 0 Å². The highest BCUT2D eigenvalue weighted by Crippen LogP contribution is 2.16. The van der Waals surface area contributed by atoms with Crippen LogP contribution in [0.25, 0.3) is 0 Å². The van der Waals surface area contributed by atoms with Gasteiger partial charge in [0.2, 0.25) is 5.91 Å². The van der Waals surface area contributed by atoms with Crippen molar-refractivity contribution in [1.29, 1.82) is 0 Å². The number of ether oxygens (including phenoxy) is 1. The molecular weight excluding hydrogens is 310 g/mol. The fourth-order valence-corrected chi connectivity index (χ4v) is 2.73. The van der Waals surface area contributed by atoms with Crippen molar-refractivity contribution in [3.63, 3.8) is 0 Å². The molecule has 0 radical (unpaired) electrons. The predicted octanol–water partition coefficient (Wildman–Crippen LogP) is 1.05. The molecule has 0 spiro atoms. The maximum Gasteiger partial charge on any atom is 0.341 e. The first-order chi connectivity index (χ1) is 11.5. The van der Waals surface area contributed by atoms with Crippen LogP contribution in [0.3, 0.4) is 0 Å². The van der Waals surface area contributed by atoms with E-state index in [0.29, 0.717) is 31.0 Å². The number of likely N-dealkylation sites (N-methyl/N-ethyl adjacent to an activating group) is 1. The van der Waals surface area contributed by atoms with E-state index in [0.717, 1.165) is 32.6 Å². The first-order valence-corrected chi connectivity index (χ1v) is 8.39. The van der Waals surface area contributed by atoms with Crippen LogP contribution in [0, 0.1) is 0 Å². The fraction of sp³-hybridized carbons (Fsp3) is 0.647. The van der Waals surface area contributed by atoms with E-state index in [1.165, 1.54) is 6.26 Å². The first kappa shape index (κ1) is 18.5. The molecule has 24 heavy (non-hydrogen) atoms. The summed E-state index contributed by atoms with van der Waals surface area (Å²) in [5, 5.41) is 0. The summed E-state index contributed by atoms with van der Waals surface area (Å²) < 4.78 is 10.5. The number of furan rings is 1. The summed E-state index contributed by atoms with van der Waals surface area (Å²) in [6.45, 7) is 6.65. The van der Waals surface area contributed by atoms with E-state index in [-0.39, 0.29) is 11.9 Å². The molecule has 1 aliphatic heterocycles. The molecule has 134 valence electrons. The van der Waals surface area contributed by atoms with Gasteiger partial charge in [-0.2, -0.15) is 0 Å². The van der Waals surface area contributed by atoms with E-state index < -0.39 is 0 Å². The largest absolute Gasteiger partial charge is 0.467 e. The van der Waals surface area contributed by atoms with Crippen molar-refractivity contribution in [2.45, 2.75) is 19.9 Å². The summed E-state index contributed by atoms with van der Waals surface area (Å²) in [6.07, 6.45) is 2.51. The summed E-state index contributed by atoms with van der Waals surface area (Å²) in [5.74, 6) is 0.430. The van der Waals surface area contributed by atoms with Crippen molar-refractivity contribution < 1.29 is 18.7 Å². The minimum atomic E-state index is -0.339. The second kappa shape index (κ2) is 8.84. The molecule has 0 atom stereocenters. The molecule has 2 heterocycles. The lowest BCUT2D eigenvalue weighted by Crippen LogP contribution is -2.38. The molecule has 1 saturated heterocycles. The van der Waals surface area contributed by atoms with Crippen LogP contribution in [-0.2, 0) is 16.1 Å². The van der Waals surface area contributed by atoms with Gasteiger partial charge in [0.25, 0.3) is 0 Å². The fourth-order valence-electron chi connectivity index (χ4n) is 2.73. The van der Waals surface area contributed by atoms with Crippen molar-refractivity contribution in [3.8, 4) is 0 Å². The number of hydrogen-bond acceptors (Lipinski definition) is 6. The van der Waals surface area contributed by atoms with Crippen LogP contribution in [0.2, 0.25) is 0 Å². The SMILES string of the molecule is CCOC(=O)c1ccoc1CN1CCCN(CC(=O)N(C)C)CC1. The van der Waals surface area contributed by atoms with Crippen LogP contribution < -0.4 is 0 Å². The summed E-state index contributed by atoms with van der Waals surface area (Å²) in [5.41, 5.74) is 0.501. The molecule has 1 aliphatic rings. The van der Waals surface area contributed by atoms with Crippen LogP contribution >= 0.6 is 0 Å². The summed E-state index contributed by atoms with van der Waals surface area (Å²) >= 11 is 0. The normalized spacial score (nSPS) is 16.6. The second-order valence-corrected chi connectivity index (χ2v) is 6.17. The monoisotopic (exact) mass is 337 g/mol. The van der Waals surface area contributed by atoms with Crippen molar-refractivity contribution in [3.05, 3.63) is 23.7 Å². The minimum absolute atomic E-state index is 0.124. The third-order valence-corrected chi connectivity index (χ3v) is 4.15. The lowest BCUT2D eigenvalue weighted by atomic mass is 10.2. The quantitative estimate of drug-likeness (QED) is 0.723. The highest BCUT2D eigenvalue weighted by molar-refractivity contribution is 5.90. The Balaban J connectivity index is 1.90. The zero-order valence-corrected chi connectivity index (χ0v) is 14.8.